The van der Waals surface area contributed by atoms with E-state index < -0.39 is 40.0 Å². The Hall–Kier alpha value is -2.78. The van der Waals surface area contributed by atoms with Gasteiger partial charge in [-0.1, -0.05) is 12.2 Å². The number of hydrogen-bond acceptors (Lipinski definition) is 12. The zero-order valence-electron chi connectivity index (χ0n) is 30.2. The smallest absolute Gasteiger partial charge is 0.311 e. The minimum atomic E-state index is -3.33. The molecule has 0 bridgehead atoms. The van der Waals surface area contributed by atoms with Crippen molar-refractivity contribution in [1.29, 1.82) is 0 Å². The van der Waals surface area contributed by atoms with Gasteiger partial charge in [-0.25, -0.2) is 8.42 Å². The summed E-state index contributed by atoms with van der Waals surface area (Å²) in [6.07, 6.45) is 12.8. The molecule has 3 fully saturated rings. The van der Waals surface area contributed by atoms with Crippen molar-refractivity contribution < 1.29 is 51.2 Å². The highest BCUT2D eigenvalue weighted by molar-refractivity contribution is 7.98. The molecule has 0 radical (unpaired) electrons. The van der Waals surface area contributed by atoms with E-state index in [1.54, 1.807) is 11.8 Å². The number of benzene rings is 2. The summed E-state index contributed by atoms with van der Waals surface area (Å²) in [4.78, 5) is 27.1. The standard InChI is InChI=1S/C39H52O11S2/c1-51-31-19-15-28(16-20-31)46-26-30(49-37-13-7-9-23-44-37)27-47-39-33(34(40)25-35(39)50-38-14-8-10-24-45-38)11-5-3-4-6-12-36(41)48-29-17-21-32(22-18-29)52(2,42)43/h3,5,15-22,30,33,35,37-39H,4,6-14,23-27H2,1-2H3/t30?,33-,35+,37?,38?,39+/m0/s1. The molecule has 1 aliphatic carbocycles. The van der Waals surface area contributed by atoms with Gasteiger partial charge in [-0.2, -0.15) is 0 Å². The van der Waals surface area contributed by atoms with E-state index >= 15 is 0 Å². The largest absolute Gasteiger partial charge is 0.491 e. The van der Waals surface area contributed by atoms with Crippen LogP contribution in [0.25, 0.3) is 0 Å². The number of sulfone groups is 1. The normalized spacial score (nSPS) is 24.6. The van der Waals surface area contributed by atoms with Crippen LogP contribution in [0.2, 0.25) is 0 Å². The lowest BCUT2D eigenvalue weighted by molar-refractivity contribution is -0.226. The lowest BCUT2D eigenvalue weighted by Crippen LogP contribution is -2.40. The number of Topliss-reactive ketones (excluding diaryl/α,β-unsaturated/α-hetero) is 1. The van der Waals surface area contributed by atoms with Crippen molar-refractivity contribution in [2.45, 2.75) is 111 Å². The van der Waals surface area contributed by atoms with E-state index in [4.69, 9.17) is 33.2 Å². The molecule has 2 aliphatic heterocycles. The highest BCUT2D eigenvalue weighted by Crippen LogP contribution is 2.34. The summed E-state index contributed by atoms with van der Waals surface area (Å²) in [5, 5.41) is 0. The maximum atomic E-state index is 13.4. The average molecular weight is 761 g/mol. The Labute approximate surface area is 312 Å². The summed E-state index contributed by atoms with van der Waals surface area (Å²) in [6.45, 7) is 1.75. The number of rotatable bonds is 19. The van der Waals surface area contributed by atoms with Crippen molar-refractivity contribution >= 4 is 33.4 Å². The number of carbonyl (C=O) groups excluding carboxylic acids is 2. The number of carbonyl (C=O) groups is 2. The molecular weight excluding hydrogens is 709 g/mol. The first-order chi connectivity index (χ1) is 25.2. The zero-order chi connectivity index (χ0) is 36.8. The molecule has 2 saturated heterocycles. The number of unbranched alkanes of at least 4 members (excludes halogenated alkanes) is 1. The van der Waals surface area contributed by atoms with Crippen LogP contribution in [0.4, 0.5) is 0 Å². The van der Waals surface area contributed by atoms with Gasteiger partial charge in [0.05, 0.1) is 29.6 Å². The molecule has 13 heteroatoms. The first-order valence-corrected chi connectivity index (χ1v) is 21.4. The molecule has 3 aliphatic rings. The minimum absolute atomic E-state index is 0.0825. The second kappa shape index (κ2) is 20.6. The summed E-state index contributed by atoms with van der Waals surface area (Å²) >= 11 is 1.67. The SMILES string of the molecule is CSc1ccc(OCC(CO[C@H]2[C@H](OC3CCCCO3)CC(=O)[C@@H]2CC=CCCCC(=O)Oc2ccc(S(C)(=O)=O)cc2)OC2CCCCO2)cc1. The van der Waals surface area contributed by atoms with Crippen LogP contribution >= 0.6 is 11.8 Å². The van der Waals surface area contributed by atoms with E-state index in [9.17, 15) is 18.0 Å². The molecule has 2 heterocycles. The monoisotopic (exact) mass is 760 g/mol. The van der Waals surface area contributed by atoms with E-state index in [1.807, 2.05) is 42.7 Å². The van der Waals surface area contributed by atoms with Crippen molar-refractivity contribution in [3.05, 3.63) is 60.7 Å². The Morgan fingerprint density at radius 2 is 1.62 bits per heavy atom. The lowest BCUT2D eigenvalue weighted by atomic mass is 9.99. The third-order valence-corrected chi connectivity index (χ3v) is 11.2. The maximum absolute atomic E-state index is 13.4. The second-order valence-corrected chi connectivity index (χ2v) is 16.3. The molecule has 6 atom stereocenters. The fraction of sp³-hybridized carbons (Fsp3) is 0.590. The van der Waals surface area contributed by atoms with Gasteiger partial charge in [0, 0.05) is 37.2 Å². The number of allylic oxidation sites excluding steroid dienone is 2. The molecule has 11 nitrogen and oxygen atoms in total. The van der Waals surface area contributed by atoms with Crippen LogP contribution in [0, 0.1) is 5.92 Å². The molecule has 0 spiro atoms. The van der Waals surface area contributed by atoms with E-state index in [0.29, 0.717) is 38.2 Å². The van der Waals surface area contributed by atoms with Crippen molar-refractivity contribution in [1.82, 2.24) is 0 Å². The third kappa shape index (κ3) is 13.0. The summed E-state index contributed by atoms with van der Waals surface area (Å²) in [6, 6.07) is 13.7. The Balaban J connectivity index is 1.16. The molecular formula is C39H52O11S2. The van der Waals surface area contributed by atoms with Crippen LogP contribution in [0.5, 0.6) is 11.5 Å². The molecule has 286 valence electrons. The van der Waals surface area contributed by atoms with Crippen LogP contribution in [-0.2, 0) is 43.1 Å². The number of ketones is 1. The topological polar surface area (TPSA) is 133 Å². The molecule has 2 aromatic carbocycles. The van der Waals surface area contributed by atoms with E-state index in [1.165, 1.54) is 24.3 Å². The van der Waals surface area contributed by atoms with Gasteiger partial charge in [0.2, 0.25) is 0 Å². The minimum Gasteiger partial charge on any atom is -0.491 e. The van der Waals surface area contributed by atoms with Crippen LogP contribution in [0.15, 0.2) is 70.5 Å². The van der Waals surface area contributed by atoms with E-state index in [2.05, 4.69) is 0 Å². The zero-order valence-corrected chi connectivity index (χ0v) is 31.8. The summed E-state index contributed by atoms with van der Waals surface area (Å²) in [7, 11) is -3.33. The first-order valence-electron chi connectivity index (χ1n) is 18.3. The fourth-order valence-corrected chi connectivity index (χ4v) is 7.48. The van der Waals surface area contributed by atoms with Crippen molar-refractivity contribution in [2.24, 2.45) is 5.92 Å². The van der Waals surface area contributed by atoms with Crippen LogP contribution in [0.3, 0.4) is 0 Å². The second-order valence-electron chi connectivity index (χ2n) is 13.4. The predicted octanol–water partition coefficient (Wildman–Crippen LogP) is 6.71. The molecule has 0 N–H and O–H groups in total. The Bertz CT molecular complexity index is 1530. The number of ether oxygens (including phenoxy) is 7. The van der Waals surface area contributed by atoms with Crippen molar-refractivity contribution in [2.75, 3.05) is 38.9 Å². The van der Waals surface area contributed by atoms with Gasteiger partial charge in [-0.05, 0) is 113 Å². The van der Waals surface area contributed by atoms with E-state index in [0.717, 1.165) is 55.4 Å². The molecule has 3 unspecified atom stereocenters. The van der Waals surface area contributed by atoms with Crippen molar-refractivity contribution in [3.8, 4) is 11.5 Å². The van der Waals surface area contributed by atoms with Gasteiger partial charge < -0.3 is 33.2 Å². The van der Waals surface area contributed by atoms with Gasteiger partial charge >= 0.3 is 5.97 Å². The molecule has 5 rings (SSSR count). The number of hydrogen-bond donors (Lipinski definition) is 0. The van der Waals surface area contributed by atoms with Gasteiger partial charge in [-0.3, -0.25) is 9.59 Å². The molecule has 1 saturated carbocycles. The van der Waals surface area contributed by atoms with Gasteiger partial charge in [-0.15, -0.1) is 11.8 Å². The molecule has 52 heavy (non-hydrogen) atoms. The Morgan fingerprint density at radius 1 is 0.923 bits per heavy atom. The number of esters is 1. The van der Waals surface area contributed by atoms with Gasteiger partial charge in [0.1, 0.15) is 30.0 Å². The summed E-state index contributed by atoms with van der Waals surface area (Å²) in [5.41, 5.74) is 0. The van der Waals surface area contributed by atoms with Crippen LogP contribution in [0.1, 0.15) is 70.6 Å². The molecule has 2 aromatic rings. The summed E-state index contributed by atoms with van der Waals surface area (Å²) < 4.78 is 65.8. The lowest BCUT2D eigenvalue weighted by Gasteiger charge is -2.32. The van der Waals surface area contributed by atoms with Gasteiger partial charge in [0.25, 0.3) is 0 Å². The highest BCUT2D eigenvalue weighted by atomic mass is 32.2. The third-order valence-electron chi connectivity index (χ3n) is 9.29. The average Bonchev–Trinajstić information content (AvgIpc) is 3.44. The fourth-order valence-electron chi connectivity index (χ4n) is 6.44. The van der Waals surface area contributed by atoms with Crippen LogP contribution in [-0.4, -0.2) is 90.0 Å². The summed E-state index contributed by atoms with van der Waals surface area (Å²) in [5.74, 6) is 0.309. The Kier molecular flexibility index (Phi) is 16.0. The predicted molar refractivity (Wildman–Crippen MR) is 196 cm³/mol. The molecule has 0 amide bonds. The van der Waals surface area contributed by atoms with Gasteiger partial charge in [0.15, 0.2) is 22.4 Å². The van der Waals surface area contributed by atoms with Crippen molar-refractivity contribution in [3.63, 3.8) is 0 Å². The van der Waals surface area contributed by atoms with E-state index in [-0.39, 0.29) is 49.3 Å². The highest BCUT2D eigenvalue weighted by Gasteiger charge is 2.45. The van der Waals surface area contributed by atoms with Crippen LogP contribution < -0.4 is 9.47 Å². The molecule has 0 aromatic heterocycles. The maximum Gasteiger partial charge on any atom is 0.311 e. The quantitative estimate of drug-likeness (QED) is 0.0496. The first kappa shape index (κ1) is 40.4. The number of thioether (sulfide) groups is 1. The Morgan fingerprint density at radius 3 is 2.27 bits per heavy atom.